The van der Waals surface area contributed by atoms with E-state index in [0.29, 0.717) is 0 Å². The Balaban J connectivity index is 1.98. The monoisotopic (exact) mass is 385 g/mol. The predicted octanol–water partition coefficient (Wildman–Crippen LogP) is 4.25. The molecule has 0 spiro atoms. The molecule has 1 amide bonds. The van der Waals surface area contributed by atoms with Crippen LogP contribution >= 0.6 is 23.2 Å². The van der Waals surface area contributed by atoms with Gasteiger partial charge < -0.3 is 14.8 Å². The molecule has 0 aliphatic heterocycles. The molecule has 0 unspecified atom stereocenters. The SMILES string of the molecule is COc1c(Cl)cc(C(=O)OCC(=O)Nc2ccc(C)cc2F)cc1Cl. The molecule has 0 fully saturated rings. The largest absolute Gasteiger partial charge is 0.494 e. The average molecular weight is 386 g/mol. The average Bonchev–Trinajstić information content (AvgIpc) is 2.55. The standard InChI is InChI=1S/C17H14Cl2FNO4/c1-9-3-4-14(13(20)5-9)21-15(22)8-25-17(23)10-6-11(18)16(24-2)12(19)7-10/h3-7H,8H2,1-2H3,(H,21,22). The van der Waals surface area contributed by atoms with E-state index in [0.717, 1.165) is 5.56 Å². The van der Waals surface area contributed by atoms with Crippen LogP contribution in [0.4, 0.5) is 10.1 Å². The molecule has 0 aromatic heterocycles. The van der Waals surface area contributed by atoms with E-state index < -0.39 is 24.3 Å². The number of aryl methyl sites for hydroxylation is 1. The summed E-state index contributed by atoms with van der Waals surface area (Å²) in [5, 5.41) is 2.59. The lowest BCUT2D eigenvalue weighted by atomic mass is 10.2. The van der Waals surface area contributed by atoms with Gasteiger partial charge in [-0.05, 0) is 36.8 Å². The van der Waals surface area contributed by atoms with Gasteiger partial charge >= 0.3 is 5.97 Å². The maximum atomic E-state index is 13.7. The molecule has 0 aliphatic rings. The highest BCUT2D eigenvalue weighted by Crippen LogP contribution is 2.33. The normalized spacial score (nSPS) is 10.3. The Morgan fingerprint density at radius 1 is 1.16 bits per heavy atom. The Bertz CT molecular complexity index is 803. The number of ether oxygens (including phenoxy) is 2. The molecule has 1 N–H and O–H groups in total. The van der Waals surface area contributed by atoms with Gasteiger partial charge in [0, 0.05) is 0 Å². The van der Waals surface area contributed by atoms with E-state index in [1.165, 1.54) is 31.4 Å². The third-order valence-electron chi connectivity index (χ3n) is 3.17. The Kier molecular flexibility index (Phi) is 6.22. The number of esters is 1. The number of amides is 1. The van der Waals surface area contributed by atoms with E-state index in [2.05, 4.69) is 5.32 Å². The van der Waals surface area contributed by atoms with Crippen LogP contribution in [0.25, 0.3) is 0 Å². The fraction of sp³-hybridized carbons (Fsp3) is 0.176. The Morgan fingerprint density at radius 2 is 1.80 bits per heavy atom. The van der Waals surface area contributed by atoms with Crippen molar-refractivity contribution in [2.45, 2.75) is 6.92 Å². The topological polar surface area (TPSA) is 64.6 Å². The summed E-state index contributed by atoms with van der Waals surface area (Å²) >= 11 is 11.9. The van der Waals surface area contributed by atoms with Crippen molar-refractivity contribution < 1.29 is 23.5 Å². The van der Waals surface area contributed by atoms with E-state index in [1.54, 1.807) is 13.0 Å². The minimum atomic E-state index is -0.800. The lowest BCUT2D eigenvalue weighted by Gasteiger charge is -2.10. The van der Waals surface area contributed by atoms with Gasteiger partial charge in [0.05, 0.1) is 28.4 Å². The highest BCUT2D eigenvalue weighted by atomic mass is 35.5. The van der Waals surface area contributed by atoms with Gasteiger partial charge in [-0.25, -0.2) is 9.18 Å². The van der Waals surface area contributed by atoms with E-state index in [1.807, 2.05) is 0 Å². The number of halogens is 3. The number of rotatable bonds is 5. The van der Waals surface area contributed by atoms with Gasteiger partial charge in [0.2, 0.25) is 0 Å². The number of methoxy groups -OCH3 is 1. The van der Waals surface area contributed by atoms with Gasteiger partial charge in [0.1, 0.15) is 5.82 Å². The number of anilines is 1. The Morgan fingerprint density at radius 3 is 2.36 bits per heavy atom. The van der Waals surface area contributed by atoms with Crippen LogP contribution in [0.2, 0.25) is 10.0 Å². The quantitative estimate of drug-likeness (QED) is 0.781. The van der Waals surface area contributed by atoms with E-state index in [-0.39, 0.29) is 27.0 Å². The van der Waals surface area contributed by atoms with E-state index >= 15 is 0 Å². The zero-order valence-corrected chi connectivity index (χ0v) is 14.9. The van der Waals surface area contributed by atoms with Crippen molar-refractivity contribution in [1.82, 2.24) is 0 Å². The summed E-state index contributed by atoms with van der Waals surface area (Å²) in [6.45, 7) is 1.13. The summed E-state index contributed by atoms with van der Waals surface area (Å²) in [6.07, 6.45) is 0. The van der Waals surface area contributed by atoms with Crippen molar-refractivity contribution in [3.63, 3.8) is 0 Å². The maximum Gasteiger partial charge on any atom is 0.338 e. The molecule has 8 heteroatoms. The maximum absolute atomic E-state index is 13.7. The van der Waals surface area contributed by atoms with Crippen LogP contribution in [-0.4, -0.2) is 25.6 Å². The van der Waals surface area contributed by atoms with Crippen LogP contribution in [0.1, 0.15) is 15.9 Å². The third kappa shape index (κ3) is 4.84. The number of hydrogen-bond donors (Lipinski definition) is 1. The summed E-state index contributed by atoms with van der Waals surface area (Å²) in [4.78, 5) is 23.8. The molecule has 0 aliphatic carbocycles. The highest BCUT2D eigenvalue weighted by molar-refractivity contribution is 6.37. The second-order valence-corrected chi connectivity index (χ2v) is 5.90. The predicted molar refractivity (Wildman–Crippen MR) is 93.1 cm³/mol. The molecular weight excluding hydrogens is 372 g/mol. The third-order valence-corrected chi connectivity index (χ3v) is 3.73. The van der Waals surface area contributed by atoms with Gasteiger partial charge in [-0.2, -0.15) is 0 Å². The Hall–Kier alpha value is -2.31. The minimum absolute atomic E-state index is 0.00202. The molecule has 0 radical (unpaired) electrons. The van der Waals surface area contributed by atoms with Crippen LogP contribution in [0.15, 0.2) is 30.3 Å². The van der Waals surface area contributed by atoms with Gasteiger partial charge in [0.25, 0.3) is 5.91 Å². The van der Waals surface area contributed by atoms with Gasteiger partial charge in [-0.3, -0.25) is 4.79 Å². The molecule has 0 heterocycles. The molecule has 5 nitrogen and oxygen atoms in total. The van der Waals surface area contributed by atoms with E-state index in [4.69, 9.17) is 32.7 Å². The van der Waals surface area contributed by atoms with Crippen LogP contribution in [-0.2, 0) is 9.53 Å². The van der Waals surface area contributed by atoms with Crippen LogP contribution in [0.3, 0.4) is 0 Å². The molecular formula is C17H14Cl2FNO4. The Labute approximate surface area is 153 Å². The first-order valence-electron chi connectivity index (χ1n) is 7.08. The van der Waals surface area contributed by atoms with Crippen molar-refractivity contribution >= 4 is 40.8 Å². The minimum Gasteiger partial charge on any atom is -0.494 e. The lowest BCUT2D eigenvalue weighted by Crippen LogP contribution is -2.21. The summed E-state index contributed by atoms with van der Waals surface area (Å²) in [5.41, 5.74) is 0.780. The smallest absolute Gasteiger partial charge is 0.338 e. The van der Waals surface area contributed by atoms with Crippen molar-refractivity contribution in [3.05, 3.63) is 57.3 Å². The second-order valence-electron chi connectivity index (χ2n) is 5.08. The fourth-order valence-corrected chi connectivity index (χ4v) is 2.64. The fourth-order valence-electron chi connectivity index (χ4n) is 1.99. The summed E-state index contributed by atoms with van der Waals surface area (Å²) < 4.78 is 23.5. The molecule has 0 bridgehead atoms. The number of nitrogens with one attached hydrogen (secondary N) is 1. The zero-order chi connectivity index (χ0) is 18.6. The number of hydrogen-bond acceptors (Lipinski definition) is 4. The van der Waals surface area contributed by atoms with Crippen LogP contribution in [0, 0.1) is 12.7 Å². The molecule has 2 aromatic rings. The molecule has 2 rings (SSSR count). The summed E-state index contributed by atoms with van der Waals surface area (Å²) in [7, 11) is 1.39. The number of carbonyl (C=O) groups is 2. The second kappa shape index (κ2) is 8.18. The molecule has 0 saturated heterocycles. The first-order valence-corrected chi connectivity index (χ1v) is 7.83. The molecule has 0 atom stereocenters. The van der Waals surface area contributed by atoms with Gasteiger partial charge in [-0.15, -0.1) is 0 Å². The van der Waals surface area contributed by atoms with Crippen molar-refractivity contribution in [2.75, 3.05) is 19.0 Å². The molecule has 0 saturated carbocycles. The highest BCUT2D eigenvalue weighted by Gasteiger charge is 2.16. The number of carbonyl (C=O) groups excluding carboxylic acids is 2. The van der Waals surface area contributed by atoms with Crippen LogP contribution < -0.4 is 10.1 Å². The lowest BCUT2D eigenvalue weighted by molar-refractivity contribution is -0.119. The van der Waals surface area contributed by atoms with Crippen molar-refractivity contribution in [3.8, 4) is 5.75 Å². The van der Waals surface area contributed by atoms with Crippen molar-refractivity contribution in [2.24, 2.45) is 0 Å². The zero-order valence-electron chi connectivity index (χ0n) is 13.4. The van der Waals surface area contributed by atoms with E-state index in [9.17, 15) is 14.0 Å². The molecule has 132 valence electrons. The summed E-state index contributed by atoms with van der Waals surface area (Å²) in [5.74, 6) is -1.83. The van der Waals surface area contributed by atoms with Crippen molar-refractivity contribution in [1.29, 1.82) is 0 Å². The summed E-state index contributed by atoms with van der Waals surface area (Å²) in [6, 6.07) is 6.97. The number of benzene rings is 2. The first-order chi connectivity index (χ1) is 11.8. The van der Waals surface area contributed by atoms with Crippen LogP contribution in [0.5, 0.6) is 5.75 Å². The van der Waals surface area contributed by atoms with Gasteiger partial charge in [0.15, 0.2) is 12.4 Å². The van der Waals surface area contributed by atoms with Gasteiger partial charge in [-0.1, -0.05) is 29.3 Å². The molecule has 2 aromatic carbocycles. The first kappa shape index (κ1) is 19.0. The molecule has 25 heavy (non-hydrogen) atoms.